The molecule has 1 aromatic carbocycles. The molecule has 5 nitrogen and oxygen atoms in total. The largest absolute Gasteiger partial charge is 0.507 e. The van der Waals surface area contributed by atoms with Gasteiger partial charge in [-0.3, -0.25) is 4.79 Å². The number of rotatable bonds is 5. The Bertz CT molecular complexity index is 730. The number of hydrogen-bond acceptors (Lipinski definition) is 4. The fourth-order valence-electron chi connectivity index (χ4n) is 2.13. The molecule has 0 saturated carbocycles. The lowest BCUT2D eigenvalue weighted by molar-refractivity contribution is -0.138. The normalized spacial score (nSPS) is 18.1. The molecule has 130 valence electrons. The summed E-state index contributed by atoms with van der Waals surface area (Å²) in [6.45, 7) is 0. The quantitative estimate of drug-likeness (QED) is 0.229. The molecule has 9 heteroatoms. The predicted molar refractivity (Wildman–Crippen MR) is 126 cm³/mol. The van der Waals surface area contributed by atoms with Crippen LogP contribution in [-0.2, 0) is 4.79 Å². The lowest BCUT2D eigenvalue weighted by atomic mass is 9.98. The molecule has 0 aromatic heterocycles. The van der Waals surface area contributed by atoms with Crippen molar-refractivity contribution in [3.63, 3.8) is 0 Å². The molecule has 1 atom stereocenters. The molecule has 1 aliphatic carbocycles. The van der Waals surface area contributed by atoms with Crippen molar-refractivity contribution in [2.24, 2.45) is 5.73 Å². The topological polar surface area (TPSA) is 92.8 Å². The molecular formula is C15H13I4NO4. The molecule has 0 amide bonds. The number of benzene rings is 1. The summed E-state index contributed by atoms with van der Waals surface area (Å²) in [5.74, 6) is 0.676. The Balaban J connectivity index is 2.22. The van der Waals surface area contributed by atoms with Gasteiger partial charge in [0.05, 0.1) is 3.57 Å². The third kappa shape index (κ3) is 5.33. The van der Waals surface area contributed by atoms with Gasteiger partial charge in [0.1, 0.15) is 24.7 Å². The average molecular weight is 779 g/mol. The number of hydrogen-bond donors (Lipinski definition) is 3. The number of phenolic OH excluding ortho intramolecular Hbond substituents is 1. The summed E-state index contributed by atoms with van der Waals surface area (Å²) >= 11 is 8.82. The van der Waals surface area contributed by atoms with Crippen LogP contribution in [0.4, 0.5) is 0 Å². The van der Waals surface area contributed by atoms with E-state index in [2.05, 4.69) is 67.8 Å². The molecule has 0 spiro atoms. The smallest absolute Gasteiger partial charge is 0.320 e. The summed E-state index contributed by atoms with van der Waals surface area (Å²) in [6, 6.07) is 4.19. The maximum absolute atomic E-state index is 11.0. The second-order valence-corrected chi connectivity index (χ2v) is 13.1. The van der Waals surface area contributed by atoms with Crippen LogP contribution in [0, 0.1) is 3.57 Å². The summed E-state index contributed by atoms with van der Waals surface area (Å²) in [6.07, 6.45) is 2.96. The number of carboxylic acids is 1. The first-order chi connectivity index (χ1) is 11.1. The van der Waals surface area contributed by atoms with Gasteiger partial charge in [0.25, 0.3) is 0 Å². The van der Waals surface area contributed by atoms with Gasteiger partial charge in [-0.15, -0.1) is 0 Å². The van der Waals surface area contributed by atoms with Crippen LogP contribution in [0.15, 0.2) is 39.2 Å². The van der Waals surface area contributed by atoms with E-state index in [4.69, 9.17) is 15.6 Å². The van der Waals surface area contributed by atoms with Crippen LogP contribution < -0.4 is 10.5 Å². The van der Waals surface area contributed by atoms with E-state index in [1.807, 2.05) is 28.7 Å². The fraction of sp³-hybridized carbons (Fsp3) is 0.267. The minimum absolute atomic E-state index is 0.218. The van der Waals surface area contributed by atoms with Crippen LogP contribution in [-0.4, -0.2) is 23.7 Å². The van der Waals surface area contributed by atoms with Gasteiger partial charge in [-0.05, 0) is 69.8 Å². The highest BCUT2D eigenvalue weighted by Crippen LogP contribution is 2.47. The summed E-state index contributed by atoms with van der Waals surface area (Å²) in [7, 11) is 0. The number of halogens is 4. The van der Waals surface area contributed by atoms with Crippen LogP contribution in [0.25, 0.3) is 0 Å². The molecule has 4 N–H and O–H groups in total. The van der Waals surface area contributed by atoms with E-state index in [1.54, 1.807) is 18.2 Å². The van der Waals surface area contributed by atoms with Crippen molar-refractivity contribution < 1.29 is 19.7 Å². The zero-order chi connectivity index (χ0) is 18.1. The molecule has 2 rings (SSSR count). The van der Waals surface area contributed by atoms with Gasteiger partial charge in [-0.25, -0.2) is 0 Å². The summed E-state index contributed by atoms with van der Waals surface area (Å²) in [4.78, 5) is 11.0. The Morgan fingerprint density at radius 3 is 2.58 bits per heavy atom. The fourth-order valence-corrected chi connectivity index (χ4v) is 6.42. The second-order valence-electron chi connectivity index (χ2n) is 5.20. The Hall–Kier alpha value is 0.650. The Labute approximate surface area is 194 Å². The SMILES string of the molecule is N[C@@H](CC1=CC(I)(I)C(Oc2ccc(O)c(I)c2)=C(I)C1)C(=O)O. The first-order valence-corrected chi connectivity index (χ1v) is 11.0. The molecule has 0 saturated heterocycles. The monoisotopic (exact) mass is 779 g/mol. The van der Waals surface area contributed by atoms with Crippen LogP contribution in [0.5, 0.6) is 11.5 Å². The number of ether oxygens (including phenoxy) is 1. The molecular weight excluding hydrogens is 766 g/mol. The Morgan fingerprint density at radius 1 is 1.38 bits per heavy atom. The Morgan fingerprint density at radius 2 is 2.04 bits per heavy atom. The van der Waals surface area contributed by atoms with E-state index in [1.165, 1.54) is 0 Å². The highest BCUT2D eigenvalue weighted by atomic mass is 127. The van der Waals surface area contributed by atoms with Crippen molar-refractivity contribution >= 4 is 96.3 Å². The second kappa shape index (κ2) is 8.56. The van der Waals surface area contributed by atoms with E-state index >= 15 is 0 Å². The third-order valence-corrected chi connectivity index (χ3v) is 6.59. The summed E-state index contributed by atoms with van der Waals surface area (Å²) < 4.78 is 7.36. The molecule has 24 heavy (non-hydrogen) atoms. The maximum Gasteiger partial charge on any atom is 0.320 e. The molecule has 1 aliphatic rings. The number of phenols is 1. The highest BCUT2D eigenvalue weighted by Gasteiger charge is 2.35. The average Bonchev–Trinajstić information content (AvgIpc) is 2.46. The van der Waals surface area contributed by atoms with Gasteiger partial charge in [0.2, 0.25) is 0 Å². The zero-order valence-electron chi connectivity index (χ0n) is 12.1. The third-order valence-electron chi connectivity index (χ3n) is 3.26. The van der Waals surface area contributed by atoms with E-state index in [0.717, 1.165) is 14.9 Å². The van der Waals surface area contributed by atoms with Crippen molar-refractivity contribution in [3.8, 4) is 11.5 Å². The van der Waals surface area contributed by atoms with E-state index < -0.39 is 13.4 Å². The van der Waals surface area contributed by atoms with Gasteiger partial charge < -0.3 is 20.7 Å². The molecule has 0 unspecified atom stereocenters. The maximum atomic E-state index is 11.0. The minimum atomic E-state index is -0.997. The van der Waals surface area contributed by atoms with E-state index in [0.29, 0.717) is 22.2 Å². The number of carbonyl (C=O) groups is 1. The number of aliphatic carboxylic acids is 1. The number of aromatic hydroxyl groups is 1. The summed E-state index contributed by atoms with van der Waals surface area (Å²) in [5.41, 5.74) is 6.64. The molecule has 0 radical (unpaired) electrons. The van der Waals surface area contributed by atoms with Gasteiger partial charge in [0.15, 0.2) is 0 Å². The minimum Gasteiger partial charge on any atom is -0.507 e. The van der Waals surface area contributed by atoms with E-state index in [9.17, 15) is 9.90 Å². The van der Waals surface area contributed by atoms with Crippen molar-refractivity contribution in [3.05, 3.63) is 42.8 Å². The first kappa shape index (κ1) is 21.0. The number of allylic oxidation sites excluding steroid dienone is 2. The molecule has 0 aliphatic heterocycles. The molecule has 0 heterocycles. The van der Waals surface area contributed by atoms with Gasteiger partial charge in [0, 0.05) is 10.0 Å². The molecule has 0 fully saturated rings. The van der Waals surface area contributed by atoms with Gasteiger partial charge >= 0.3 is 5.97 Å². The summed E-state index contributed by atoms with van der Waals surface area (Å²) in [5, 5.41) is 18.6. The van der Waals surface area contributed by atoms with Crippen LogP contribution in [0.1, 0.15) is 12.8 Å². The number of carboxylic acid groups (broad SMARTS) is 1. The lowest BCUT2D eigenvalue weighted by Crippen LogP contribution is -2.31. The van der Waals surface area contributed by atoms with Crippen molar-refractivity contribution in [2.75, 3.05) is 0 Å². The van der Waals surface area contributed by atoms with Gasteiger partial charge in [-0.1, -0.05) is 56.8 Å². The highest BCUT2D eigenvalue weighted by molar-refractivity contribution is 14.2. The van der Waals surface area contributed by atoms with Crippen LogP contribution in [0.2, 0.25) is 0 Å². The van der Waals surface area contributed by atoms with Crippen LogP contribution >= 0.6 is 90.4 Å². The first-order valence-electron chi connectivity index (χ1n) is 6.72. The molecule has 0 bridgehead atoms. The number of nitrogens with two attached hydrogens (primary N) is 1. The molecule has 1 aromatic rings. The van der Waals surface area contributed by atoms with Crippen LogP contribution in [0.3, 0.4) is 0 Å². The van der Waals surface area contributed by atoms with E-state index in [-0.39, 0.29) is 5.75 Å². The Kier molecular flexibility index (Phi) is 7.47. The number of alkyl halides is 2. The predicted octanol–water partition coefficient (Wildman–Crippen LogP) is 4.72. The van der Waals surface area contributed by atoms with Gasteiger partial charge in [-0.2, -0.15) is 0 Å². The lowest BCUT2D eigenvalue weighted by Gasteiger charge is -2.29. The zero-order valence-corrected chi connectivity index (χ0v) is 20.7. The van der Waals surface area contributed by atoms with Crippen molar-refractivity contribution in [1.29, 1.82) is 0 Å². The van der Waals surface area contributed by atoms with Crippen molar-refractivity contribution in [2.45, 2.75) is 20.3 Å². The van der Waals surface area contributed by atoms with Crippen molar-refractivity contribution in [1.82, 2.24) is 0 Å². The standard InChI is InChI=1S/C15H13I4NO4/c16-9-5-8(1-2-12(9)21)24-13-10(17)3-7(6-15(13,18)19)4-11(20)14(22)23/h1-2,5-6,11,21H,3-4,20H2,(H,22,23)/t11-/m0/s1.